The summed E-state index contributed by atoms with van der Waals surface area (Å²) in [6.45, 7) is 0.681. The topological polar surface area (TPSA) is 45.4 Å². The fraction of sp³-hybridized carbons (Fsp3) is 0.100. The zero-order valence-corrected chi connectivity index (χ0v) is 12.6. The first kappa shape index (κ1) is 13.9. The number of phenols is 1. The molecule has 0 radical (unpaired) electrons. The predicted molar refractivity (Wildman–Crippen MR) is 93.6 cm³/mol. The van der Waals surface area contributed by atoms with Crippen LogP contribution in [0.5, 0.6) is 5.75 Å². The van der Waals surface area contributed by atoms with Gasteiger partial charge < -0.3 is 14.8 Å². The fourth-order valence-corrected chi connectivity index (χ4v) is 3.22. The summed E-state index contributed by atoms with van der Waals surface area (Å²) in [6, 6.07) is 21.9. The lowest BCUT2D eigenvalue weighted by atomic mass is 10.0. The number of aliphatic hydroxyl groups is 1. The van der Waals surface area contributed by atoms with Crippen molar-refractivity contribution in [3.05, 3.63) is 66.7 Å². The zero-order valence-electron chi connectivity index (χ0n) is 12.6. The first-order valence-electron chi connectivity index (χ1n) is 7.69. The zero-order chi connectivity index (χ0) is 15.8. The number of hydrogen-bond acceptors (Lipinski definition) is 2. The van der Waals surface area contributed by atoms with E-state index in [9.17, 15) is 10.2 Å². The Morgan fingerprint density at radius 2 is 1.43 bits per heavy atom. The Morgan fingerprint density at radius 1 is 0.739 bits per heavy atom. The molecule has 0 aliphatic carbocycles. The number of rotatable bonds is 3. The molecule has 4 rings (SSSR count). The predicted octanol–water partition coefficient (Wildman–Crippen LogP) is 4.16. The molecule has 0 bridgehead atoms. The van der Waals surface area contributed by atoms with Gasteiger partial charge in [-0.1, -0.05) is 42.5 Å². The average molecular weight is 303 g/mol. The van der Waals surface area contributed by atoms with Gasteiger partial charge in [-0.25, -0.2) is 0 Å². The van der Waals surface area contributed by atoms with Crippen molar-refractivity contribution in [1.29, 1.82) is 0 Å². The van der Waals surface area contributed by atoms with Crippen LogP contribution in [0, 0.1) is 0 Å². The van der Waals surface area contributed by atoms with E-state index in [2.05, 4.69) is 34.9 Å². The van der Waals surface area contributed by atoms with E-state index in [-0.39, 0.29) is 12.4 Å². The van der Waals surface area contributed by atoms with Crippen molar-refractivity contribution in [1.82, 2.24) is 4.57 Å². The van der Waals surface area contributed by atoms with Crippen molar-refractivity contribution < 1.29 is 10.2 Å². The molecule has 2 N–H and O–H groups in total. The molecular weight excluding hydrogens is 286 g/mol. The van der Waals surface area contributed by atoms with Crippen LogP contribution in [0.15, 0.2) is 66.7 Å². The largest absolute Gasteiger partial charge is 0.508 e. The molecule has 1 aromatic heterocycles. The van der Waals surface area contributed by atoms with Gasteiger partial charge in [0.1, 0.15) is 5.75 Å². The van der Waals surface area contributed by atoms with Crippen molar-refractivity contribution in [3.8, 4) is 16.9 Å². The van der Waals surface area contributed by atoms with E-state index < -0.39 is 0 Å². The quantitative estimate of drug-likeness (QED) is 0.597. The lowest BCUT2D eigenvalue weighted by Crippen LogP contribution is -2.01. The van der Waals surface area contributed by atoms with Crippen LogP contribution in [0.25, 0.3) is 32.9 Å². The highest BCUT2D eigenvalue weighted by Gasteiger charge is 2.11. The number of aromatic nitrogens is 1. The highest BCUT2D eigenvalue weighted by molar-refractivity contribution is 6.09. The van der Waals surface area contributed by atoms with Crippen LogP contribution in [0.2, 0.25) is 0 Å². The molecule has 0 amide bonds. The molecule has 3 heteroatoms. The Kier molecular flexibility index (Phi) is 3.28. The minimum absolute atomic E-state index is 0.108. The van der Waals surface area contributed by atoms with E-state index in [1.165, 1.54) is 10.8 Å². The van der Waals surface area contributed by atoms with Crippen molar-refractivity contribution in [2.75, 3.05) is 6.61 Å². The van der Waals surface area contributed by atoms with Crippen LogP contribution in [0.1, 0.15) is 0 Å². The summed E-state index contributed by atoms with van der Waals surface area (Å²) >= 11 is 0. The first-order valence-corrected chi connectivity index (χ1v) is 7.69. The molecule has 0 aliphatic heterocycles. The third kappa shape index (κ3) is 2.26. The second-order valence-corrected chi connectivity index (χ2v) is 5.67. The maximum atomic E-state index is 9.45. The number of benzene rings is 3. The highest BCUT2D eigenvalue weighted by atomic mass is 16.3. The second kappa shape index (κ2) is 5.45. The number of aromatic hydroxyl groups is 1. The van der Waals surface area contributed by atoms with Gasteiger partial charge in [0.15, 0.2) is 0 Å². The van der Waals surface area contributed by atoms with Gasteiger partial charge in [0.25, 0.3) is 0 Å². The van der Waals surface area contributed by atoms with Gasteiger partial charge in [-0.05, 0) is 35.4 Å². The van der Waals surface area contributed by atoms with Crippen LogP contribution in [-0.4, -0.2) is 21.4 Å². The van der Waals surface area contributed by atoms with Crippen molar-refractivity contribution in [2.45, 2.75) is 6.54 Å². The van der Waals surface area contributed by atoms with E-state index in [0.29, 0.717) is 6.54 Å². The highest BCUT2D eigenvalue weighted by Crippen LogP contribution is 2.32. The lowest BCUT2D eigenvalue weighted by Gasteiger charge is -2.07. The van der Waals surface area contributed by atoms with Gasteiger partial charge in [-0.3, -0.25) is 0 Å². The summed E-state index contributed by atoms with van der Waals surface area (Å²) in [5, 5.41) is 21.3. The molecule has 3 aromatic carbocycles. The van der Waals surface area contributed by atoms with Gasteiger partial charge in [0.05, 0.1) is 6.61 Å². The Labute approximate surface area is 134 Å². The second-order valence-electron chi connectivity index (χ2n) is 5.67. The van der Waals surface area contributed by atoms with Gasteiger partial charge in [0, 0.05) is 28.4 Å². The minimum atomic E-state index is 0.108. The van der Waals surface area contributed by atoms with Crippen LogP contribution in [0.3, 0.4) is 0 Å². The lowest BCUT2D eigenvalue weighted by molar-refractivity contribution is 0.280. The Balaban J connectivity index is 1.98. The molecule has 0 unspecified atom stereocenters. The van der Waals surface area contributed by atoms with E-state index in [1.54, 1.807) is 12.1 Å². The van der Waals surface area contributed by atoms with Crippen molar-refractivity contribution in [2.24, 2.45) is 0 Å². The fourth-order valence-electron chi connectivity index (χ4n) is 3.22. The van der Waals surface area contributed by atoms with E-state index in [1.807, 2.05) is 24.3 Å². The van der Waals surface area contributed by atoms with Crippen LogP contribution < -0.4 is 0 Å². The number of phenolic OH excluding ortho intramolecular Hbond substituents is 1. The van der Waals surface area contributed by atoms with E-state index in [4.69, 9.17) is 0 Å². The van der Waals surface area contributed by atoms with Gasteiger partial charge in [-0.15, -0.1) is 0 Å². The molecule has 23 heavy (non-hydrogen) atoms. The molecule has 0 spiro atoms. The Morgan fingerprint density at radius 3 is 2.22 bits per heavy atom. The molecular formula is C20H17NO2. The summed E-state index contributed by atoms with van der Waals surface area (Å²) in [7, 11) is 0. The van der Waals surface area contributed by atoms with Crippen LogP contribution in [-0.2, 0) is 6.54 Å². The normalized spacial score (nSPS) is 11.3. The number of nitrogens with zero attached hydrogens (tertiary/aromatic N) is 1. The first-order chi connectivity index (χ1) is 11.3. The molecule has 0 saturated carbocycles. The summed E-state index contributed by atoms with van der Waals surface area (Å²) in [6.07, 6.45) is 0. The third-order valence-corrected chi connectivity index (χ3v) is 4.30. The molecule has 0 atom stereocenters. The minimum Gasteiger partial charge on any atom is -0.508 e. The molecule has 0 saturated heterocycles. The van der Waals surface area contributed by atoms with E-state index >= 15 is 0 Å². The number of para-hydroxylation sites is 1. The average Bonchev–Trinajstić information content (AvgIpc) is 2.90. The molecule has 0 fully saturated rings. The van der Waals surface area contributed by atoms with Crippen molar-refractivity contribution >= 4 is 21.8 Å². The molecule has 3 nitrogen and oxygen atoms in total. The van der Waals surface area contributed by atoms with Crippen molar-refractivity contribution in [3.63, 3.8) is 0 Å². The molecule has 0 aliphatic rings. The number of aliphatic hydroxyl groups excluding tert-OH is 1. The van der Waals surface area contributed by atoms with Crippen LogP contribution >= 0.6 is 0 Å². The standard InChI is InChI=1S/C20H17NO2/c22-12-11-21-19-4-2-1-3-17(19)18-10-7-15(13-20(18)21)14-5-8-16(23)9-6-14/h1-10,13,22-23H,11-12H2. The maximum absolute atomic E-state index is 9.45. The number of hydrogen-bond donors (Lipinski definition) is 2. The van der Waals surface area contributed by atoms with E-state index in [0.717, 1.165) is 22.2 Å². The Hall–Kier alpha value is -2.78. The maximum Gasteiger partial charge on any atom is 0.115 e. The summed E-state index contributed by atoms with van der Waals surface area (Å²) in [5.74, 6) is 0.268. The number of fused-ring (bicyclic) bond motifs is 3. The molecule has 114 valence electrons. The van der Waals surface area contributed by atoms with Gasteiger partial charge >= 0.3 is 0 Å². The smallest absolute Gasteiger partial charge is 0.115 e. The monoisotopic (exact) mass is 303 g/mol. The molecule has 1 heterocycles. The molecule has 4 aromatic rings. The van der Waals surface area contributed by atoms with Crippen LogP contribution in [0.4, 0.5) is 0 Å². The van der Waals surface area contributed by atoms with Gasteiger partial charge in [-0.2, -0.15) is 0 Å². The SMILES string of the molecule is OCCn1c2ccccc2c2ccc(-c3ccc(O)cc3)cc21. The van der Waals surface area contributed by atoms with Gasteiger partial charge in [0.2, 0.25) is 0 Å². The summed E-state index contributed by atoms with van der Waals surface area (Å²) in [4.78, 5) is 0. The Bertz CT molecular complexity index is 984. The summed E-state index contributed by atoms with van der Waals surface area (Å²) < 4.78 is 2.16. The third-order valence-electron chi connectivity index (χ3n) is 4.30. The summed E-state index contributed by atoms with van der Waals surface area (Å²) in [5.41, 5.74) is 4.41.